The number of nitrogens with zero attached hydrogens (tertiary/aromatic N) is 3. The summed E-state index contributed by atoms with van der Waals surface area (Å²) in [5, 5.41) is 0. The Balaban J connectivity index is 1.69. The summed E-state index contributed by atoms with van der Waals surface area (Å²) >= 11 is 0. The van der Waals surface area contributed by atoms with Crippen molar-refractivity contribution in [3.05, 3.63) is 24.5 Å². The lowest BCUT2D eigenvalue weighted by Gasteiger charge is -2.15. The van der Waals surface area contributed by atoms with Gasteiger partial charge in [-0.25, -0.2) is 4.98 Å². The second-order valence-electron chi connectivity index (χ2n) is 5.02. The predicted molar refractivity (Wildman–Crippen MR) is 74.6 cm³/mol. The molecule has 0 unspecified atom stereocenters. The average molecular weight is 258 g/mol. The molecule has 1 aromatic carbocycles. The number of fused-ring (bicyclic) bond motifs is 1. The lowest BCUT2D eigenvalue weighted by Crippen LogP contribution is -2.28. The quantitative estimate of drug-likeness (QED) is 0.851. The molecular formula is C14H18N4O. The van der Waals surface area contributed by atoms with E-state index in [0.717, 1.165) is 37.0 Å². The van der Waals surface area contributed by atoms with Gasteiger partial charge in [-0.1, -0.05) is 0 Å². The van der Waals surface area contributed by atoms with Crippen molar-refractivity contribution in [1.29, 1.82) is 0 Å². The van der Waals surface area contributed by atoms with E-state index in [9.17, 15) is 4.79 Å². The van der Waals surface area contributed by atoms with E-state index < -0.39 is 0 Å². The molecule has 1 aliphatic rings. The zero-order valence-corrected chi connectivity index (χ0v) is 10.9. The number of benzene rings is 1. The third-order valence-corrected chi connectivity index (χ3v) is 3.67. The fourth-order valence-corrected chi connectivity index (χ4v) is 2.60. The minimum Gasteiger partial charge on any atom is -0.399 e. The van der Waals surface area contributed by atoms with Crippen LogP contribution in [0.25, 0.3) is 11.0 Å². The van der Waals surface area contributed by atoms with Crippen LogP contribution in [-0.2, 0) is 11.3 Å². The van der Waals surface area contributed by atoms with Gasteiger partial charge in [0.05, 0.1) is 17.4 Å². The monoisotopic (exact) mass is 258 g/mol. The van der Waals surface area contributed by atoms with Gasteiger partial charge in [0.1, 0.15) is 0 Å². The second-order valence-corrected chi connectivity index (χ2v) is 5.02. The van der Waals surface area contributed by atoms with E-state index in [1.807, 2.05) is 27.7 Å². The van der Waals surface area contributed by atoms with Gasteiger partial charge in [0.15, 0.2) is 0 Å². The Bertz CT molecular complexity index is 599. The summed E-state index contributed by atoms with van der Waals surface area (Å²) in [4.78, 5) is 18.3. The predicted octanol–water partition coefficient (Wildman–Crippen LogP) is 1.63. The molecule has 0 spiro atoms. The topological polar surface area (TPSA) is 64.1 Å². The van der Waals surface area contributed by atoms with Crippen molar-refractivity contribution in [1.82, 2.24) is 14.5 Å². The summed E-state index contributed by atoms with van der Waals surface area (Å²) in [6.45, 7) is 2.51. The van der Waals surface area contributed by atoms with E-state index in [1.54, 1.807) is 6.33 Å². The standard InChI is InChI=1S/C14H18N4O/c15-11-3-4-13-12(9-11)16-10-18(13)8-5-14(19)17-6-1-2-7-17/h3-4,9-10H,1-2,5-8,15H2. The SMILES string of the molecule is Nc1ccc2c(c1)ncn2CCC(=O)N1CCCC1. The first-order chi connectivity index (χ1) is 9.24. The molecule has 100 valence electrons. The van der Waals surface area contributed by atoms with Crippen LogP contribution in [0.5, 0.6) is 0 Å². The third kappa shape index (κ3) is 2.41. The number of aryl methyl sites for hydroxylation is 1. The molecule has 2 aromatic rings. The van der Waals surface area contributed by atoms with Gasteiger partial charge in [-0.3, -0.25) is 4.79 Å². The molecule has 0 aliphatic carbocycles. The first-order valence-corrected chi connectivity index (χ1v) is 6.72. The Morgan fingerprint density at radius 3 is 2.89 bits per heavy atom. The molecule has 0 saturated carbocycles. The van der Waals surface area contributed by atoms with E-state index >= 15 is 0 Å². The molecule has 19 heavy (non-hydrogen) atoms. The van der Waals surface area contributed by atoms with E-state index in [2.05, 4.69) is 4.98 Å². The lowest BCUT2D eigenvalue weighted by molar-refractivity contribution is -0.130. The highest BCUT2D eigenvalue weighted by Crippen LogP contribution is 2.17. The number of amides is 1. The molecule has 1 fully saturated rings. The van der Waals surface area contributed by atoms with Crippen molar-refractivity contribution in [2.45, 2.75) is 25.8 Å². The minimum absolute atomic E-state index is 0.245. The Kier molecular flexibility index (Phi) is 3.11. The van der Waals surface area contributed by atoms with E-state index in [4.69, 9.17) is 5.73 Å². The maximum absolute atomic E-state index is 12.0. The van der Waals surface area contributed by atoms with Crippen LogP contribution in [0.15, 0.2) is 24.5 Å². The molecular weight excluding hydrogens is 240 g/mol. The number of carbonyl (C=O) groups is 1. The number of anilines is 1. The number of likely N-dealkylation sites (tertiary alicyclic amines) is 1. The van der Waals surface area contributed by atoms with Gasteiger partial charge < -0.3 is 15.2 Å². The minimum atomic E-state index is 0.245. The molecule has 0 atom stereocenters. The molecule has 1 aliphatic heterocycles. The third-order valence-electron chi connectivity index (χ3n) is 3.67. The van der Waals surface area contributed by atoms with Gasteiger partial charge in [-0.15, -0.1) is 0 Å². The van der Waals surface area contributed by atoms with Crippen LogP contribution in [0.2, 0.25) is 0 Å². The van der Waals surface area contributed by atoms with Crippen LogP contribution in [0.4, 0.5) is 5.69 Å². The van der Waals surface area contributed by atoms with Crippen LogP contribution in [0, 0.1) is 0 Å². The Labute approximate surface area is 112 Å². The number of nitrogens with two attached hydrogens (primary N) is 1. The summed E-state index contributed by atoms with van der Waals surface area (Å²) in [5.41, 5.74) is 8.36. The highest BCUT2D eigenvalue weighted by molar-refractivity contribution is 5.80. The zero-order chi connectivity index (χ0) is 13.2. The van der Waals surface area contributed by atoms with Gasteiger partial charge in [-0.05, 0) is 31.0 Å². The summed E-state index contributed by atoms with van der Waals surface area (Å²) < 4.78 is 2.02. The number of imidazole rings is 1. The molecule has 0 radical (unpaired) electrons. The summed E-state index contributed by atoms with van der Waals surface area (Å²) in [5.74, 6) is 0.245. The van der Waals surface area contributed by atoms with Gasteiger partial charge in [0.25, 0.3) is 0 Å². The van der Waals surface area contributed by atoms with Crippen molar-refractivity contribution in [2.24, 2.45) is 0 Å². The number of rotatable bonds is 3. The van der Waals surface area contributed by atoms with E-state index in [-0.39, 0.29) is 5.91 Å². The first kappa shape index (κ1) is 12.0. The number of nitrogen functional groups attached to an aromatic ring is 1. The molecule has 1 aromatic heterocycles. The summed E-state index contributed by atoms with van der Waals surface area (Å²) in [7, 11) is 0. The van der Waals surface area contributed by atoms with Crippen molar-refractivity contribution in [3.63, 3.8) is 0 Å². The second kappa shape index (κ2) is 4.91. The molecule has 0 bridgehead atoms. The fourth-order valence-electron chi connectivity index (χ4n) is 2.60. The number of hydrogen-bond acceptors (Lipinski definition) is 3. The highest BCUT2D eigenvalue weighted by atomic mass is 16.2. The smallest absolute Gasteiger partial charge is 0.224 e. The Morgan fingerprint density at radius 2 is 2.11 bits per heavy atom. The average Bonchev–Trinajstić information content (AvgIpc) is 3.05. The normalized spacial score (nSPS) is 15.3. The van der Waals surface area contributed by atoms with Gasteiger partial charge in [0.2, 0.25) is 5.91 Å². The van der Waals surface area contributed by atoms with Gasteiger partial charge >= 0.3 is 0 Å². The van der Waals surface area contributed by atoms with Crippen LogP contribution in [0.1, 0.15) is 19.3 Å². The van der Waals surface area contributed by atoms with Crippen LogP contribution in [-0.4, -0.2) is 33.4 Å². The highest BCUT2D eigenvalue weighted by Gasteiger charge is 2.17. The van der Waals surface area contributed by atoms with E-state index in [0.29, 0.717) is 18.7 Å². The molecule has 1 amide bonds. The zero-order valence-electron chi connectivity index (χ0n) is 10.9. The van der Waals surface area contributed by atoms with Crippen molar-refractivity contribution in [2.75, 3.05) is 18.8 Å². The van der Waals surface area contributed by atoms with Crippen LogP contribution in [0.3, 0.4) is 0 Å². The Hall–Kier alpha value is -2.04. The maximum Gasteiger partial charge on any atom is 0.224 e. The first-order valence-electron chi connectivity index (χ1n) is 6.72. The van der Waals surface area contributed by atoms with Crippen LogP contribution < -0.4 is 5.73 Å². The van der Waals surface area contributed by atoms with Crippen LogP contribution >= 0.6 is 0 Å². The number of aromatic nitrogens is 2. The number of hydrogen-bond donors (Lipinski definition) is 1. The molecule has 5 heteroatoms. The molecule has 2 N–H and O–H groups in total. The molecule has 3 rings (SSSR count). The Morgan fingerprint density at radius 1 is 1.32 bits per heavy atom. The maximum atomic E-state index is 12.0. The summed E-state index contributed by atoms with van der Waals surface area (Å²) in [6, 6.07) is 5.68. The van der Waals surface area contributed by atoms with Gasteiger partial charge in [0, 0.05) is 31.7 Å². The lowest BCUT2D eigenvalue weighted by atomic mass is 10.2. The molecule has 2 heterocycles. The van der Waals surface area contributed by atoms with Crippen molar-refractivity contribution < 1.29 is 4.79 Å². The number of carbonyl (C=O) groups excluding carboxylic acids is 1. The van der Waals surface area contributed by atoms with Crippen molar-refractivity contribution in [3.8, 4) is 0 Å². The van der Waals surface area contributed by atoms with Crippen molar-refractivity contribution >= 4 is 22.6 Å². The van der Waals surface area contributed by atoms with E-state index in [1.165, 1.54) is 0 Å². The summed E-state index contributed by atoms with van der Waals surface area (Å²) in [6.07, 6.45) is 4.59. The largest absolute Gasteiger partial charge is 0.399 e. The molecule has 5 nitrogen and oxygen atoms in total. The fraction of sp³-hybridized carbons (Fsp3) is 0.429. The molecule has 1 saturated heterocycles. The van der Waals surface area contributed by atoms with Gasteiger partial charge in [-0.2, -0.15) is 0 Å².